The number of hydrogen-bond donors (Lipinski definition) is 0. The number of rotatable bonds is 11. The highest BCUT2D eigenvalue weighted by molar-refractivity contribution is 6.90. The van der Waals surface area contributed by atoms with Crippen LogP contribution in [-0.4, -0.2) is 77.6 Å². The van der Waals surface area contributed by atoms with Gasteiger partial charge in [-0.05, 0) is 84.8 Å². The first-order valence-corrected chi connectivity index (χ1v) is 26.7. The summed E-state index contributed by atoms with van der Waals surface area (Å²) in [6, 6.07) is 23.4. The lowest BCUT2D eigenvalue weighted by atomic mass is 9.94. The highest BCUT2D eigenvalue weighted by Gasteiger charge is 2.50. The molecule has 0 radical (unpaired) electrons. The zero-order valence-electron chi connectivity index (χ0n) is 41.7. The van der Waals surface area contributed by atoms with Crippen LogP contribution < -0.4 is 9.64 Å². The van der Waals surface area contributed by atoms with Gasteiger partial charge in [-0.25, -0.2) is 22.6 Å². The van der Waals surface area contributed by atoms with E-state index in [0.29, 0.717) is 54.5 Å². The molecular weight excluding hydrogens is 877 g/mol. The Labute approximate surface area is 401 Å². The number of aliphatic imine (C=N–C) groups is 1. The Kier molecular flexibility index (Phi) is 11.8. The van der Waals surface area contributed by atoms with Gasteiger partial charge in [-0.3, -0.25) is 9.88 Å². The molecule has 68 heavy (non-hydrogen) atoms. The van der Waals surface area contributed by atoms with Gasteiger partial charge in [-0.1, -0.05) is 115 Å². The lowest BCUT2D eigenvalue weighted by Crippen LogP contribution is -2.43. The van der Waals surface area contributed by atoms with Crippen LogP contribution in [0.25, 0.3) is 32.9 Å². The van der Waals surface area contributed by atoms with Crippen LogP contribution in [0.2, 0.25) is 16.6 Å². The highest BCUT2D eigenvalue weighted by Crippen LogP contribution is 2.47. The Morgan fingerprint density at radius 3 is 2.29 bits per heavy atom. The van der Waals surface area contributed by atoms with Crippen molar-refractivity contribution in [1.82, 2.24) is 19.9 Å². The predicted molar refractivity (Wildman–Crippen MR) is 268 cm³/mol. The van der Waals surface area contributed by atoms with Crippen LogP contribution in [0.3, 0.4) is 0 Å². The van der Waals surface area contributed by atoms with E-state index >= 15 is 17.6 Å². The molecule has 12 heteroatoms. The van der Waals surface area contributed by atoms with E-state index in [9.17, 15) is 2.74 Å². The fourth-order valence-corrected chi connectivity index (χ4v) is 17.2. The summed E-state index contributed by atoms with van der Waals surface area (Å²) in [5, 5.41) is 0.731. The summed E-state index contributed by atoms with van der Waals surface area (Å²) in [7, 11) is -2.52. The lowest BCUT2D eigenvalue weighted by Gasteiger charge is -2.38. The van der Waals surface area contributed by atoms with E-state index in [0.717, 1.165) is 42.9 Å². The fraction of sp³-hybridized carbons (Fsp3) is 0.429. The molecule has 352 valence electrons. The third-order valence-corrected chi connectivity index (χ3v) is 21.6. The molecule has 6 aromatic rings. The first-order chi connectivity index (χ1) is 33.5. The minimum absolute atomic E-state index is 0.0433. The molecule has 0 spiro atoms. The number of alkyl halides is 1. The number of hydrogen-bond acceptors (Lipinski definition) is 7. The average Bonchev–Trinajstić information content (AvgIpc) is 3.91. The standard InChI is InChI=1S/C56H60F4N6OSi/c1-34(2)68(35(3)4,36(5)6)25-21-43-48-40(27-46(58)49(43)59)26-42(62-51(37-16-9-7-10-17-37)38-18-11-8-12-19-38)29-44(48)52-50(60)53-45(31-61-52)54(66-24-14-13-20-39-28-47(39)66)64-55(63-53)67-33-56-22-15-23-65(56)32-41(57)30-56/h7-12,16-19,26-27,29,31,34-36,39,41,47H,13-15,20,22-24,28,30,32-33H2,1-6H3/t39?,41-,47?,56+/m1/s1/i33D2. The topological polar surface area (TPSA) is 66.7 Å². The van der Waals surface area contributed by atoms with Crippen LogP contribution in [0.15, 0.2) is 90.1 Å². The Morgan fingerprint density at radius 1 is 0.897 bits per heavy atom. The predicted octanol–water partition coefficient (Wildman–Crippen LogP) is 13.3. The summed E-state index contributed by atoms with van der Waals surface area (Å²) in [5.74, 6) is 0.899. The van der Waals surface area contributed by atoms with Crippen molar-refractivity contribution in [2.45, 2.75) is 121 Å². The Balaban J connectivity index is 1.24. The maximum atomic E-state index is 18.3. The van der Waals surface area contributed by atoms with Gasteiger partial charge in [0.05, 0.1) is 30.6 Å². The van der Waals surface area contributed by atoms with E-state index in [1.807, 2.05) is 65.6 Å². The molecule has 1 saturated carbocycles. The largest absolute Gasteiger partial charge is 0.461 e. The summed E-state index contributed by atoms with van der Waals surface area (Å²) < 4.78 is 91.3. The van der Waals surface area contributed by atoms with E-state index < -0.39 is 43.8 Å². The van der Waals surface area contributed by atoms with E-state index in [1.54, 1.807) is 12.1 Å². The zero-order valence-corrected chi connectivity index (χ0v) is 40.7. The van der Waals surface area contributed by atoms with Gasteiger partial charge in [0.15, 0.2) is 17.5 Å². The third-order valence-electron chi connectivity index (χ3n) is 15.3. The summed E-state index contributed by atoms with van der Waals surface area (Å²) in [6.07, 6.45) is 5.25. The lowest BCUT2D eigenvalue weighted by molar-refractivity contribution is 0.107. The molecule has 4 atom stereocenters. The van der Waals surface area contributed by atoms with Crippen molar-refractivity contribution >= 4 is 47.0 Å². The third kappa shape index (κ3) is 8.27. The second kappa shape index (κ2) is 18.4. The van der Waals surface area contributed by atoms with Crippen LogP contribution in [0.1, 0.15) is 106 Å². The van der Waals surface area contributed by atoms with Crippen LogP contribution >= 0.6 is 0 Å². The van der Waals surface area contributed by atoms with E-state index in [2.05, 4.69) is 62.9 Å². The quantitative estimate of drug-likeness (QED) is 0.0558. The van der Waals surface area contributed by atoms with Crippen LogP contribution in [0.4, 0.5) is 29.1 Å². The highest BCUT2D eigenvalue weighted by atomic mass is 28.3. The summed E-state index contributed by atoms with van der Waals surface area (Å²) in [4.78, 5) is 23.5. The van der Waals surface area contributed by atoms with Gasteiger partial charge in [0.2, 0.25) is 0 Å². The number of halogens is 4. The maximum absolute atomic E-state index is 18.3. The summed E-state index contributed by atoms with van der Waals surface area (Å²) in [6.45, 7) is 11.7. The minimum atomic E-state index is -2.52. The molecule has 2 unspecified atom stereocenters. The number of nitrogens with zero attached hydrogens (tertiary/aromatic N) is 6. The van der Waals surface area contributed by atoms with Gasteiger partial charge < -0.3 is 9.64 Å². The maximum Gasteiger partial charge on any atom is 0.319 e. The molecule has 2 aromatic heterocycles. The molecule has 3 saturated heterocycles. The number of pyridine rings is 1. The van der Waals surface area contributed by atoms with Crippen LogP contribution in [0.5, 0.6) is 6.01 Å². The van der Waals surface area contributed by atoms with Crippen molar-refractivity contribution in [2.75, 3.05) is 31.1 Å². The van der Waals surface area contributed by atoms with Gasteiger partial charge >= 0.3 is 6.01 Å². The SMILES string of the molecule is [2H]C([2H])(Oc1nc(N2CCCCC3CC32)c2cnc(-c3cc(N=C(c4ccccc4)c4ccccc4)cc4cc(F)c(F)c(C#C[Si](C(C)C)(C(C)C)C(C)C)c34)c(F)c2n1)[C@@]12CCCN1C[C@H](F)C2. The molecule has 3 aliphatic heterocycles. The van der Waals surface area contributed by atoms with E-state index in [1.165, 1.54) is 6.20 Å². The number of aromatic nitrogens is 3. The Morgan fingerprint density at radius 2 is 1.60 bits per heavy atom. The fourth-order valence-electron chi connectivity index (χ4n) is 12.0. The van der Waals surface area contributed by atoms with Crippen molar-refractivity contribution in [1.29, 1.82) is 0 Å². The minimum Gasteiger partial charge on any atom is -0.461 e. The molecule has 7 nitrogen and oxygen atoms in total. The molecule has 1 aliphatic carbocycles. The summed E-state index contributed by atoms with van der Waals surface area (Å²) in [5.41, 5.74) is 5.01. The van der Waals surface area contributed by atoms with E-state index in [4.69, 9.17) is 19.7 Å². The molecule has 4 aromatic carbocycles. The number of benzene rings is 4. The van der Waals surface area contributed by atoms with Gasteiger partial charge in [0.1, 0.15) is 37.8 Å². The monoisotopic (exact) mass is 938 g/mol. The molecule has 4 fully saturated rings. The van der Waals surface area contributed by atoms with E-state index in [-0.39, 0.29) is 74.8 Å². The van der Waals surface area contributed by atoms with Gasteiger partial charge in [-0.15, -0.1) is 5.54 Å². The smallest absolute Gasteiger partial charge is 0.319 e. The molecule has 4 aliphatic rings. The Hall–Kier alpha value is -5.64. The Bertz CT molecular complexity index is 3010. The van der Waals surface area contributed by atoms with Crippen molar-refractivity contribution in [2.24, 2.45) is 10.9 Å². The second-order valence-electron chi connectivity index (χ2n) is 20.3. The molecular formula is C56H60F4N6OSi. The van der Waals surface area contributed by atoms with Crippen molar-refractivity contribution < 1.29 is 25.0 Å². The van der Waals surface area contributed by atoms with Crippen LogP contribution in [-0.2, 0) is 0 Å². The number of anilines is 1. The first-order valence-electron chi connectivity index (χ1n) is 25.4. The number of fused-ring (bicyclic) bond motifs is 4. The molecule has 0 amide bonds. The first kappa shape index (κ1) is 43.6. The van der Waals surface area contributed by atoms with Gasteiger partial charge in [0, 0.05) is 53.8 Å². The van der Waals surface area contributed by atoms with Crippen LogP contribution in [0, 0.1) is 34.8 Å². The molecule has 5 heterocycles. The van der Waals surface area contributed by atoms with Gasteiger partial charge in [-0.2, -0.15) is 9.97 Å². The second-order valence-corrected chi connectivity index (χ2v) is 25.9. The number of ether oxygens (including phenoxy) is 1. The van der Waals surface area contributed by atoms with Gasteiger partial charge in [0.25, 0.3) is 0 Å². The molecule has 0 bridgehead atoms. The van der Waals surface area contributed by atoms with Crippen molar-refractivity contribution in [3.63, 3.8) is 0 Å². The normalized spacial score (nSPS) is 22.2. The molecule has 10 rings (SSSR count). The summed E-state index contributed by atoms with van der Waals surface area (Å²) >= 11 is 0. The van der Waals surface area contributed by atoms with Crippen molar-refractivity contribution in [3.8, 4) is 28.7 Å². The average molecular weight is 939 g/mol. The zero-order chi connectivity index (χ0) is 49.3. The van der Waals surface area contributed by atoms with Crippen molar-refractivity contribution in [3.05, 3.63) is 119 Å². The molecule has 0 N–H and O–H groups in total.